The van der Waals surface area contributed by atoms with Crippen LogP contribution in [0, 0.1) is 0 Å². The molecular weight excluding hydrogens is 256 g/mol. The topological polar surface area (TPSA) is 15.3 Å². The molecule has 0 fully saturated rings. The van der Waals surface area contributed by atoms with Gasteiger partial charge in [-0.05, 0) is 24.1 Å². The van der Waals surface area contributed by atoms with E-state index in [1.165, 1.54) is 16.9 Å². The minimum absolute atomic E-state index is 0. The van der Waals surface area contributed by atoms with Crippen LogP contribution in [-0.4, -0.2) is 19.6 Å². The van der Waals surface area contributed by atoms with Gasteiger partial charge in [0.1, 0.15) is 0 Å². The lowest BCUT2D eigenvalue weighted by atomic mass is 10.1. The zero-order valence-corrected chi connectivity index (χ0v) is 11.7. The highest BCUT2D eigenvalue weighted by molar-refractivity contribution is 5.85. The van der Waals surface area contributed by atoms with Crippen LogP contribution in [0.3, 0.4) is 0 Å². The van der Waals surface area contributed by atoms with Gasteiger partial charge in [0.25, 0.3) is 0 Å². The maximum Gasteiger partial charge on any atom is 0.0602 e. The number of rotatable bonds is 3. The summed E-state index contributed by atoms with van der Waals surface area (Å²) in [5, 5.41) is 3.45. The van der Waals surface area contributed by atoms with Crippen molar-refractivity contribution in [2.24, 2.45) is 0 Å². The van der Waals surface area contributed by atoms with Gasteiger partial charge in [-0.15, -0.1) is 12.4 Å². The van der Waals surface area contributed by atoms with Gasteiger partial charge in [-0.25, -0.2) is 0 Å². The number of nitrogens with zero attached hydrogens (tertiary/aromatic N) is 1. The van der Waals surface area contributed by atoms with Crippen LogP contribution in [0.15, 0.2) is 54.6 Å². The van der Waals surface area contributed by atoms with Crippen molar-refractivity contribution >= 4 is 23.8 Å². The second-order valence-corrected chi connectivity index (χ2v) is 4.67. The van der Waals surface area contributed by atoms with E-state index in [4.69, 9.17) is 0 Å². The zero-order chi connectivity index (χ0) is 12.2. The standard InChI is InChI=1S/C16H18N2.ClH/c1-2-6-14(7-3-1)10-12-18-13-11-17-15-8-4-5-9-16(15)18;/h1-9,17H,10-13H2;1H. The van der Waals surface area contributed by atoms with Crippen molar-refractivity contribution in [1.82, 2.24) is 0 Å². The molecule has 1 aliphatic heterocycles. The second kappa shape index (κ2) is 6.48. The fraction of sp³-hybridized carbons (Fsp3) is 0.250. The average molecular weight is 275 g/mol. The van der Waals surface area contributed by atoms with Crippen LogP contribution in [0.5, 0.6) is 0 Å². The van der Waals surface area contributed by atoms with Gasteiger partial charge >= 0.3 is 0 Å². The van der Waals surface area contributed by atoms with Gasteiger partial charge in [-0.2, -0.15) is 0 Å². The monoisotopic (exact) mass is 274 g/mol. The highest BCUT2D eigenvalue weighted by Gasteiger charge is 2.14. The molecular formula is C16H19ClN2. The lowest BCUT2D eigenvalue weighted by molar-refractivity contribution is 0.773. The van der Waals surface area contributed by atoms with E-state index in [-0.39, 0.29) is 12.4 Å². The van der Waals surface area contributed by atoms with Gasteiger partial charge in [-0.1, -0.05) is 42.5 Å². The van der Waals surface area contributed by atoms with Crippen molar-refractivity contribution in [1.29, 1.82) is 0 Å². The highest BCUT2D eigenvalue weighted by Crippen LogP contribution is 2.28. The summed E-state index contributed by atoms with van der Waals surface area (Å²) in [4.78, 5) is 2.47. The molecule has 0 spiro atoms. The first-order valence-corrected chi connectivity index (χ1v) is 6.55. The Morgan fingerprint density at radius 2 is 1.68 bits per heavy atom. The lowest BCUT2D eigenvalue weighted by Gasteiger charge is -2.32. The molecule has 0 saturated carbocycles. The van der Waals surface area contributed by atoms with Crippen molar-refractivity contribution in [3.63, 3.8) is 0 Å². The quantitative estimate of drug-likeness (QED) is 0.920. The first-order valence-electron chi connectivity index (χ1n) is 6.55. The summed E-state index contributed by atoms with van der Waals surface area (Å²) in [6.45, 7) is 3.21. The van der Waals surface area contributed by atoms with Crippen molar-refractivity contribution in [2.45, 2.75) is 6.42 Å². The molecule has 100 valence electrons. The Kier molecular flexibility index (Phi) is 4.69. The molecule has 0 aliphatic carbocycles. The van der Waals surface area contributed by atoms with E-state index >= 15 is 0 Å². The zero-order valence-electron chi connectivity index (χ0n) is 10.9. The van der Waals surface area contributed by atoms with Crippen LogP contribution < -0.4 is 10.2 Å². The van der Waals surface area contributed by atoms with Gasteiger partial charge in [0.05, 0.1) is 11.4 Å². The summed E-state index contributed by atoms with van der Waals surface area (Å²) in [5.74, 6) is 0. The van der Waals surface area contributed by atoms with E-state index in [0.717, 1.165) is 26.1 Å². The van der Waals surface area contributed by atoms with Crippen LogP contribution in [0.1, 0.15) is 5.56 Å². The predicted molar refractivity (Wildman–Crippen MR) is 84.5 cm³/mol. The molecule has 0 amide bonds. The van der Waals surface area contributed by atoms with E-state index in [9.17, 15) is 0 Å². The Balaban J connectivity index is 0.00000133. The number of benzene rings is 2. The number of halogens is 1. The third-order valence-corrected chi connectivity index (χ3v) is 3.46. The van der Waals surface area contributed by atoms with Crippen LogP contribution in [-0.2, 0) is 6.42 Å². The molecule has 0 aromatic heterocycles. The summed E-state index contributed by atoms with van der Waals surface area (Å²) in [7, 11) is 0. The summed E-state index contributed by atoms with van der Waals surface area (Å²) in [6, 6.07) is 19.3. The maximum atomic E-state index is 3.45. The van der Waals surface area contributed by atoms with Crippen molar-refractivity contribution in [2.75, 3.05) is 29.9 Å². The second-order valence-electron chi connectivity index (χ2n) is 4.67. The molecule has 3 heteroatoms. The minimum Gasteiger partial charge on any atom is -0.382 e. The summed E-state index contributed by atoms with van der Waals surface area (Å²) in [6.07, 6.45) is 1.11. The normalized spacial score (nSPS) is 13.2. The third kappa shape index (κ3) is 3.21. The fourth-order valence-corrected chi connectivity index (χ4v) is 2.49. The first-order chi connectivity index (χ1) is 8.93. The van der Waals surface area contributed by atoms with Gasteiger partial charge < -0.3 is 10.2 Å². The third-order valence-electron chi connectivity index (χ3n) is 3.46. The molecule has 0 unspecified atom stereocenters. The SMILES string of the molecule is Cl.c1ccc(CCN2CCNc3ccccc32)cc1. The lowest BCUT2D eigenvalue weighted by Crippen LogP contribution is -2.35. The molecule has 2 aromatic rings. The molecule has 3 rings (SSSR count). The Labute approximate surface area is 120 Å². The van der Waals surface area contributed by atoms with E-state index in [1.54, 1.807) is 0 Å². The van der Waals surface area contributed by atoms with Gasteiger partial charge in [0.15, 0.2) is 0 Å². The maximum absolute atomic E-state index is 3.45. The Bertz CT molecular complexity index is 513. The van der Waals surface area contributed by atoms with E-state index in [2.05, 4.69) is 64.8 Å². The Hall–Kier alpha value is -1.67. The number of para-hydroxylation sites is 2. The van der Waals surface area contributed by atoms with Gasteiger partial charge in [-0.3, -0.25) is 0 Å². The number of hydrogen-bond acceptors (Lipinski definition) is 2. The number of hydrogen-bond donors (Lipinski definition) is 1. The Morgan fingerprint density at radius 3 is 2.53 bits per heavy atom. The predicted octanol–water partition coefficient (Wildman–Crippen LogP) is 3.58. The van der Waals surface area contributed by atoms with E-state index in [0.29, 0.717) is 0 Å². The fourth-order valence-electron chi connectivity index (χ4n) is 2.49. The molecule has 1 N–H and O–H groups in total. The largest absolute Gasteiger partial charge is 0.382 e. The van der Waals surface area contributed by atoms with Gasteiger partial charge in [0.2, 0.25) is 0 Å². The van der Waals surface area contributed by atoms with Crippen LogP contribution >= 0.6 is 12.4 Å². The average Bonchev–Trinajstić information content (AvgIpc) is 2.46. The van der Waals surface area contributed by atoms with Crippen molar-refractivity contribution in [3.05, 3.63) is 60.2 Å². The van der Waals surface area contributed by atoms with Gasteiger partial charge in [0, 0.05) is 19.6 Å². The van der Waals surface area contributed by atoms with E-state index in [1.807, 2.05) is 0 Å². The molecule has 1 aliphatic rings. The summed E-state index contributed by atoms with van der Waals surface area (Å²) >= 11 is 0. The molecule has 2 aromatic carbocycles. The molecule has 1 heterocycles. The number of nitrogens with one attached hydrogen (secondary N) is 1. The first kappa shape index (κ1) is 13.8. The van der Waals surface area contributed by atoms with E-state index < -0.39 is 0 Å². The summed E-state index contributed by atoms with van der Waals surface area (Å²) < 4.78 is 0. The van der Waals surface area contributed by atoms with Crippen LogP contribution in [0.4, 0.5) is 11.4 Å². The van der Waals surface area contributed by atoms with Crippen LogP contribution in [0.25, 0.3) is 0 Å². The molecule has 0 bridgehead atoms. The molecule has 2 nitrogen and oxygen atoms in total. The number of fused-ring (bicyclic) bond motifs is 1. The Morgan fingerprint density at radius 1 is 0.947 bits per heavy atom. The molecule has 0 radical (unpaired) electrons. The minimum atomic E-state index is 0. The van der Waals surface area contributed by atoms with Crippen LogP contribution in [0.2, 0.25) is 0 Å². The molecule has 0 saturated heterocycles. The molecule has 0 atom stereocenters. The summed E-state index contributed by atoms with van der Waals surface area (Å²) in [5.41, 5.74) is 4.00. The number of anilines is 2. The highest BCUT2D eigenvalue weighted by atomic mass is 35.5. The van der Waals surface area contributed by atoms with Crippen molar-refractivity contribution < 1.29 is 0 Å². The molecule has 19 heavy (non-hydrogen) atoms. The smallest absolute Gasteiger partial charge is 0.0602 e. The van der Waals surface area contributed by atoms with Crippen molar-refractivity contribution in [3.8, 4) is 0 Å².